The molecule has 1 fully saturated rings. The van der Waals surface area contributed by atoms with Crippen molar-refractivity contribution >= 4 is 5.97 Å². The van der Waals surface area contributed by atoms with Crippen molar-refractivity contribution in [3.05, 3.63) is 48.0 Å². The van der Waals surface area contributed by atoms with Gasteiger partial charge in [0.1, 0.15) is 6.04 Å². The Hall–Kier alpha value is -1.61. The summed E-state index contributed by atoms with van der Waals surface area (Å²) in [5.74, 6) is 0.253. The average molecular weight is 257 g/mol. The standard InChI is InChI=1S/C16H19NO2/c1-2-19-16(18)15-13-8-9-14(10-13)17(15)11-12-6-4-3-5-7-12/h3-9,13-15H,2,10-11H2,1H3/t13-,14-,15+/m0/s1. The number of carbonyl (C=O) groups excluding carboxylic acids is 1. The number of fused-ring (bicyclic) bond motifs is 2. The highest BCUT2D eigenvalue weighted by Gasteiger charge is 2.46. The van der Waals surface area contributed by atoms with Crippen LogP contribution in [0.4, 0.5) is 0 Å². The molecule has 0 N–H and O–H groups in total. The van der Waals surface area contributed by atoms with Crippen LogP contribution in [0.25, 0.3) is 0 Å². The van der Waals surface area contributed by atoms with Gasteiger partial charge < -0.3 is 4.74 Å². The maximum absolute atomic E-state index is 12.1. The molecule has 1 aliphatic carbocycles. The maximum Gasteiger partial charge on any atom is 0.323 e. The van der Waals surface area contributed by atoms with Crippen molar-refractivity contribution in [2.24, 2.45) is 5.92 Å². The van der Waals surface area contributed by atoms with Crippen LogP contribution in [0.2, 0.25) is 0 Å². The number of hydrogen-bond acceptors (Lipinski definition) is 3. The van der Waals surface area contributed by atoms with Gasteiger partial charge in [0.25, 0.3) is 0 Å². The van der Waals surface area contributed by atoms with E-state index in [0.717, 1.165) is 13.0 Å². The lowest BCUT2D eigenvalue weighted by Gasteiger charge is -2.30. The highest BCUT2D eigenvalue weighted by Crippen LogP contribution is 2.38. The number of benzene rings is 1. The summed E-state index contributed by atoms with van der Waals surface area (Å²) >= 11 is 0. The molecule has 1 heterocycles. The van der Waals surface area contributed by atoms with Gasteiger partial charge in [-0.25, -0.2) is 0 Å². The Kier molecular flexibility index (Phi) is 3.38. The summed E-state index contributed by atoms with van der Waals surface area (Å²) in [6.07, 6.45) is 5.45. The fourth-order valence-electron chi connectivity index (χ4n) is 3.19. The second-order valence-electron chi connectivity index (χ2n) is 5.21. The van der Waals surface area contributed by atoms with Crippen molar-refractivity contribution in [1.29, 1.82) is 0 Å². The van der Waals surface area contributed by atoms with Gasteiger partial charge in [0, 0.05) is 18.5 Å². The predicted octanol–water partition coefficient (Wildman–Crippen LogP) is 2.38. The maximum atomic E-state index is 12.1. The highest BCUT2D eigenvalue weighted by atomic mass is 16.5. The average Bonchev–Trinajstić information content (AvgIpc) is 3.01. The molecule has 19 heavy (non-hydrogen) atoms. The molecular weight excluding hydrogens is 238 g/mol. The van der Waals surface area contributed by atoms with Gasteiger partial charge in [-0.3, -0.25) is 9.69 Å². The van der Waals surface area contributed by atoms with Crippen LogP contribution < -0.4 is 0 Å². The Morgan fingerprint density at radius 1 is 1.32 bits per heavy atom. The smallest absolute Gasteiger partial charge is 0.323 e. The molecular formula is C16H19NO2. The molecule has 3 heteroatoms. The van der Waals surface area contributed by atoms with E-state index in [1.165, 1.54) is 5.56 Å². The zero-order valence-electron chi connectivity index (χ0n) is 11.2. The predicted molar refractivity (Wildman–Crippen MR) is 73.4 cm³/mol. The summed E-state index contributed by atoms with van der Waals surface area (Å²) in [6, 6.07) is 10.6. The SMILES string of the molecule is CCOC(=O)[C@H]1[C@H]2C=C[C@@H](C2)N1Cc1ccccc1. The molecule has 0 unspecified atom stereocenters. The molecule has 0 radical (unpaired) electrons. The monoisotopic (exact) mass is 257 g/mol. The van der Waals surface area contributed by atoms with Crippen LogP contribution in [0.15, 0.2) is 42.5 Å². The second-order valence-corrected chi connectivity index (χ2v) is 5.21. The van der Waals surface area contributed by atoms with Crippen LogP contribution in [-0.2, 0) is 16.1 Å². The Morgan fingerprint density at radius 3 is 2.84 bits per heavy atom. The molecule has 1 aliphatic heterocycles. The molecule has 1 aromatic carbocycles. The quantitative estimate of drug-likeness (QED) is 0.612. The van der Waals surface area contributed by atoms with Gasteiger partial charge in [0.2, 0.25) is 0 Å². The third-order valence-electron chi connectivity index (χ3n) is 4.02. The summed E-state index contributed by atoms with van der Waals surface area (Å²) < 4.78 is 5.23. The van der Waals surface area contributed by atoms with Crippen LogP contribution in [-0.4, -0.2) is 29.6 Å². The first kappa shape index (κ1) is 12.4. The van der Waals surface area contributed by atoms with E-state index in [9.17, 15) is 4.79 Å². The minimum atomic E-state index is -0.102. The number of rotatable bonds is 4. The van der Waals surface area contributed by atoms with E-state index in [1.807, 2.05) is 25.1 Å². The van der Waals surface area contributed by atoms with E-state index in [0.29, 0.717) is 18.6 Å². The topological polar surface area (TPSA) is 29.5 Å². The third kappa shape index (κ3) is 2.30. The van der Waals surface area contributed by atoms with Gasteiger partial charge in [-0.2, -0.15) is 0 Å². The molecule has 0 saturated carbocycles. The first-order valence-electron chi connectivity index (χ1n) is 6.94. The number of carbonyl (C=O) groups is 1. The van der Waals surface area contributed by atoms with Crippen LogP contribution in [0.5, 0.6) is 0 Å². The molecule has 0 spiro atoms. The zero-order chi connectivity index (χ0) is 13.2. The van der Waals surface area contributed by atoms with Gasteiger partial charge >= 0.3 is 5.97 Å². The first-order chi connectivity index (χ1) is 9.29. The number of nitrogens with zero attached hydrogens (tertiary/aromatic N) is 1. The van der Waals surface area contributed by atoms with E-state index in [4.69, 9.17) is 4.74 Å². The molecule has 3 rings (SSSR count). The van der Waals surface area contributed by atoms with Crippen molar-refractivity contribution in [3.8, 4) is 0 Å². The van der Waals surface area contributed by atoms with Crippen LogP contribution in [0.1, 0.15) is 18.9 Å². The largest absolute Gasteiger partial charge is 0.465 e. The van der Waals surface area contributed by atoms with E-state index >= 15 is 0 Å². The lowest BCUT2D eigenvalue weighted by atomic mass is 10.0. The summed E-state index contributed by atoms with van der Waals surface area (Å²) in [4.78, 5) is 14.4. The van der Waals surface area contributed by atoms with Gasteiger partial charge in [-0.05, 0) is 18.9 Å². The molecule has 1 aromatic rings. The van der Waals surface area contributed by atoms with Crippen molar-refractivity contribution in [3.63, 3.8) is 0 Å². The van der Waals surface area contributed by atoms with Crippen LogP contribution in [0, 0.1) is 5.92 Å². The van der Waals surface area contributed by atoms with E-state index in [2.05, 4.69) is 29.2 Å². The third-order valence-corrected chi connectivity index (χ3v) is 4.02. The first-order valence-corrected chi connectivity index (χ1v) is 6.94. The number of likely N-dealkylation sites (tertiary alicyclic amines) is 1. The minimum Gasteiger partial charge on any atom is -0.465 e. The summed E-state index contributed by atoms with van der Waals surface area (Å²) in [5.41, 5.74) is 1.25. The van der Waals surface area contributed by atoms with Crippen molar-refractivity contribution < 1.29 is 9.53 Å². The minimum absolute atomic E-state index is 0.0738. The van der Waals surface area contributed by atoms with Crippen molar-refractivity contribution in [2.75, 3.05) is 6.61 Å². The molecule has 3 atom stereocenters. The van der Waals surface area contributed by atoms with E-state index < -0.39 is 0 Å². The molecule has 1 saturated heterocycles. The number of ether oxygens (including phenoxy) is 1. The fraction of sp³-hybridized carbons (Fsp3) is 0.438. The zero-order valence-corrected chi connectivity index (χ0v) is 11.2. The van der Waals surface area contributed by atoms with Gasteiger partial charge in [0.15, 0.2) is 0 Å². The molecule has 0 aromatic heterocycles. The molecule has 3 nitrogen and oxygen atoms in total. The van der Waals surface area contributed by atoms with Crippen LogP contribution >= 0.6 is 0 Å². The fourth-order valence-corrected chi connectivity index (χ4v) is 3.19. The summed E-state index contributed by atoms with van der Waals surface area (Å²) in [5, 5.41) is 0. The molecule has 2 aliphatic rings. The molecule has 100 valence electrons. The lowest BCUT2D eigenvalue weighted by Crippen LogP contribution is -2.44. The molecule has 0 amide bonds. The van der Waals surface area contributed by atoms with Gasteiger partial charge in [0.05, 0.1) is 6.61 Å². The second kappa shape index (κ2) is 5.17. The van der Waals surface area contributed by atoms with E-state index in [-0.39, 0.29) is 12.0 Å². The summed E-state index contributed by atoms with van der Waals surface area (Å²) in [7, 11) is 0. The number of hydrogen-bond donors (Lipinski definition) is 0. The van der Waals surface area contributed by atoms with Gasteiger partial charge in [-0.1, -0.05) is 42.5 Å². The Morgan fingerprint density at radius 2 is 2.11 bits per heavy atom. The Balaban J connectivity index is 1.78. The normalized spacial score (nSPS) is 28.8. The van der Waals surface area contributed by atoms with Gasteiger partial charge in [-0.15, -0.1) is 0 Å². The Bertz CT molecular complexity index is 483. The Labute approximate surface area is 113 Å². The van der Waals surface area contributed by atoms with Crippen molar-refractivity contribution in [2.45, 2.75) is 32.0 Å². The number of esters is 1. The van der Waals surface area contributed by atoms with Crippen molar-refractivity contribution in [1.82, 2.24) is 4.90 Å². The van der Waals surface area contributed by atoms with Crippen LogP contribution in [0.3, 0.4) is 0 Å². The summed E-state index contributed by atoms with van der Waals surface area (Å²) in [6.45, 7) is 3.13. The highest BCUT2D eigenvalue weighted by molar-refractivity contribution is 5.77. The van der Waals surface area contributed by atoms with E-state index in [1.54, 1.807) is 0 Å². The molecule has 2 bridgehead atoms. The lowest BCUT2D eigenvalue weighted by molar-refractivity contribution is -0.150.